The number of benzene rings is 2. The minimum absolute atomic E-state index is 0.324. The van der Waals surface area contributed by atoms with Gasteiger partial charge in [0.1, 0.15) is 5.75 Å². The average molecular weight is 418 g/mol. The number of hydrogen-bond acceptors (Lipinski definition) is 2. The number of hydrogen-bond donors (Lipinski definition) is 1. The monoisotopic (exact) mass is 417 g/mol. The standard InChI is InChI=1S/C23H32BrNO/c1-22(2,3)16-7-10-18(11-8-16)26-20-13-6-15-14-17(23(4,5)25)9-12-19(15)21(20)24/h6,9,12-14,16,18H,7-8,10-11,25H2,1-5H3/t16-,18-. The van der Waals surface area contributed by atoms with E-state index in [0.29, 0.717) is 11.5 Å². The first-order valence-electron chi connectivity index (χ1n) is 9.74. The first-order chi connectivity index (χ1) is 12.1. The Morgan fingerprint density at radius 3 is 2.19 bits per heavy atom. The Labute approximate surface area is 166 Å². The molecular formula is C23H32BrNO. The highest BCUT2D eigenvalue weighted by Crippen LogP contribution is 2.40. The third kappa shape index (κ3) is 4.26. The number of fused-ring (bicyclic) bond motifs is 1. The van der Waals surface area contributed by atoms with Crippen LogP contribution in [0.5, 0.6) is 5.75 Å². The summed E-state index contributed by atoms with van der Waals surface area (Å²) in [5, 5.41) is 2.37. The Balaban J connectivity index is 1.76. The molecule has 26 heavy (non-hydrogen) atoms. The second kappa shape index (κ2) is 7.16. The van der Waals surface area contributed by atoms with Crippen molar-refractivity contribution in [2.24, 2.45) is 17.1 Å². The highest BCUT2D eigenvalue weighted by molar-refractivity contribution is 9.10. The van der Waals surface area contributed by atoms with Crippen LogP contribution in [0.2, 0.25) is 0 Å². The summed E-state index contributed by atoms with van der Waals surface area (Å²) >= 11 is 3.77. The van der Waals surface area contributed by atoms with Gasteiger partial charge in [-0.3, -0.25) is 0 Å². The second-order valence-electron chi connectivity index (χ2n) is 9.49. The summed E-state index contributed by atoms with van der Waals surface area (Å²) in [6.07, 6.45) is 5.13. The summed E-state index contributed by atoms with van der Waals surface area (Å²) in [6, 6.07) is 10.7. The molecule has 3 heteroatoms. The van der Waals surface area contributed by atoms with Gasteiger partial charge in [-0.2, -0.15) is 0 Å². The van der Waals surface area contributed by atoms with Crippen LogP contribution in [0.4, 0.5) is 0 Å². The Morgan fingerprint density at radius 2 is 1.62 bits per heavy atom. The lowest BCUT2D eigenvalue weighted by Gasteiger charge is -2.37. The summed E-state index contributed by atoms with van der Waals surface area (Å²) in [5.74, 6) is 1.76. The van der Waals surface area contributed by atoms with Crippen molar-refractivity contribution in [3.63, 3.8) is 0 Å². The quantitative estimate of drug-likeness (QED) is 0.596. The van der Waals surface area contributed by atoms with Crippen LogP contribution in [-0.2, 0) is 5.54 Å². The number of halogens is 1. The molecule has 0 unspecified atom stereocenters. The van der Waals surface area contributed by atoms with Gasteiger partial charge in [0.25, 0.3) is 0 Å². The summed E-state index contributed by atoms with van der Waals surface area (Å²) in [4.78, 5) is 0. The van der Waals surface area contributed by atoms with Crippen LogP contribution >= 0.6 is 15.9 Å². The van der Waals surface area contributed by atoms with Crippen molar-refractivity contribution in [1.82, 2.24) is 0 Å². The molecule has 2 aromatic rings. The maximum absolute atomic E-state index is 6.38. The predicted molar refractivity (Wildman–Crippen MR) is 115 cm³/mol. The van der Waals surface area contributed by atoms with Crippen LogP contribution in [0.25, 0.3) is 10.8 Å². The number of ether oxygens (including phenoxy) is 1. The molecule has 0 bridgehead atoms. The molecule has 0 radical (unpaired) electrons. The summed E-state index contributed by atoms with van der Waals surface area (Å²) in [6.45, 7) is 11.1. The molecule has 0 amide bonds. The largest absolute Gasteiger partial charge is 0.489 e. The van der Waals surface area contributed by atoms with E-state index in [1.54, 1.807) is 0 Å². The van der Waals surface area contributed by atoms with E-state index in [1.807, 2.05) is 13.8 Å². The maximum Gasteiger partial charge on any atom is 0.134 e. The Kier molecular flexibility index (Phi) is 5.43. The minimum atomic E-state index is -0.332. The van der Waals surface area contributed by atoms with E-state index in [9.17, 15) is 0 Å². The van der Waals surface area contributed by atoms with Gasteiger partial charge >= 0.3 is 0 Å². The van der Waals surface area contributed by atoms with Crippen LogP contribution in [0.1, 0.15) is 65.9 Å². The topological polar surface area (TPSA) is 35.2 Å². The molecule has 0 saturated heterocycles. The van der Waals surface area contributed by atoms with Crippen molar-refractivity contribution < 1.29 is 4.74 Å². The highest BCUT2D eigenvalue weighted by Gasteiger charge is 2.30. The van der Waals surface area contributed by atoms with Gasteiger partial charge in [0.05, 0.1) is 10.6 Å². The Morgan fingerprint density at radius 1 is 0.962 bits per heavy atom. The molecule has 2 nitrogen and oxygen atoms in total. The molecule has 1 aliphatic rings. The fourth-order valence-electron chi connectivity index (χ4n) is 3.99. The van der Waals surface area contributed by atoms with E-state index < -0.39 is 0 Å². The Hall–Kier alpha value is -1.06. The van der Waals surface area contributed by atoms with Crippen molar-refractivity contribution in [1.29, 1.82) is 0 Å². The second-order valence-corrected chi connectivity index (χ2v) is 10.3. The summed E-state index contributed by atoms with van der Waals surface area (Å²) < 4.78 is 7.43. The first kappa shape index (κ1) is 19.7. The van der Waals surface area contributed by atoms with Crippen LogP contribution in [0.15, 0.2) is 34.8 Å². The molecule has 2 aromatic carbocycles. The van der Waals surface area contributed by atoms with E-state index in [2.05, 4.69) is 67.0 Å². The molecule has 3 rings (SSSR count). The first-order valence-corrected chi connectivity index (χ1v) is 10.5. The molecule has 0 atom stereocenters. The lowest BCUT2D eigenvalue weighted by Crippen LogP contribution is -2.30. The lowest BCUT2D eigenvalue weighted by molar-refractivity contribution is 0.0878. The summed E-state index contributed by atoms with van der Waals surface area (Å²) in [7, 11) is 0. The van der Waals surface area contributed by atoms with Crippen LogP contribution < -0.4 is 10.5 Å². The molecule has 0 spiro atoms. The van der Waals surface area contributed by atoms with Gasteiger partial charge in [0, 0.05) is 5.54 Å². The third-order valence-corrected chi connectivity index (χ3v) is 6.67. The van der Waals surface area contributed by atoms with Gasteiger partial charge in [-0.25, -0.2) is 0 Å². The van der Waals surface area contributed by atoms with Crippen molar-refractivity contribution in [2.45, 2.75) is 71.9 Å². The van der Waals surface area contributed by atoms with E-state index in [-0.39, 0.29) is 5.54 Å². The van der Waals surface area contributed by atoms with E-state index >= 15 is 0 Å². The van der Waals surface area contributed by atoms with Crippen molar-refractivity contribution in [2.75, 3.05) is 0 Å². The van der Waals surface area contributed by atoms with Gasteiger partial charge in [-0.05, 0) is 95.3 Å². The molecule has 2 N–H and O–H groups in total. The van der Waals surface area contributed by atoms with Gasteiger partial charge in [0.15, 0.2) is 0 Å². The predicted octanol–water partition coefficient (Wildman–Crippen LogP) is 6.78. The summed E-state index contributed by atoms with van der Waals surface area (Å²) in [5.41, 5.74) is 7.46. The van der Waals surface area contributed by atoms with Gasteiger partial charge in [0.2, 0.25) is 0 Å². The Bertz CT molecular complexity index is 777. The zero-order valence-electron chi connectivity index (χ0n) is 16.7. The van der Waals surface area contributed by atoms with Crippen LogP contribution in [-0.4, -0.2) is 6.10 Å². The lowest BCUT2D eigenvalue weighted by atomic mass is 9.72. The van der Waals surface area contributed by atoms with Gasteiger partial charge in [-0.1, -0.05) is 39.0 Å². The van der Waals surface area contributed by atoms with Crippen LogP contribution in [0, 0.1) is 11.3 Å². The molecular weight excluding hydrogens is 386 g/mol. The molecule has 1 saturated carbocycles. The fourth-order valence-corrected chi connectivity index (χ4v) is 4.58. The zero-order chi connectivity index (χ0) is 19.1. The molecule has 1 fully saturated rings. The highest BCUT2D eigenvalue weighted by atomic mass is 79.9. The normalized spacial score (nSPS) is 21.8. The van der Waals surface area contributed by atoms with Gasteiger partial charge in [-0.15, -0.1) is 0 Å². The number of nitrogens with two attached hydrogens (primary N) is 1. The van der Waals surface area contributed by atoms with E-state index in [1.165, 1.54) is 23.6 Å². The molecule has 0 aromatic heterocycles. The van der Waals surface area contributed by atoms with Crippen molar-refractivity contribution >= 4 is 26.7 Å². The smallest absolute Gasteiger partial charge is 0.134 e. The average Bonchev–Trinajstić information content (AvgIpc) is 2.56. The van der Waals surface area contributed by atoms with Crippen LogP contribution in [0.3, 0.4) is 0 Å². The van der Waals surface area contributed by atoms with Gasteiger partial charge < -0.3 is 10.5 Å². The van der Waals surface area contributed by atoms with E-state index in [4.69, 9.17) is 10.5 Å². The fraction of sp³-hybridized carbons (Fsp3) is 0.565. The molecule has 0 heterocycles. The minimum Gasteiger partial charge on any atom is -0.489 e. The zero-order valence-corrected chi connectivity index (χ0v) is 18.3. The molecule has 142 valence electrons. The SMILES string of the molecule is CC(C)(N)c1ccc2c(Br)c(O[C@H]3CC[C@H](C(C)(C)C)CC3)ccc2c1. The molecule has 1 aliphatic carbocycles. The molecule has 0 aliphatic heterocycles. The third-order valence-electron chi connectivity index (χ3n) is 5.86. The van der Waals surface area contributed by atoms with E-state index in [0.717, 1.165) is 34.5 Å². The van der Waals surface area contributed by atoms with Crippen molar-refractivity contribution in [3.8, 4) is 5.75 Å². The maximum atomic E-state index is 6.38. The van der Waals surface area contributed by atoms with Crippen molar-refractivity contribution in [3.05, 3.63) is 40.4 Å². The number of rotatable bonds is 3.